The van der Waals surface area contributed by atoms with Gasteiger partial charge in [-0.1, -0.05) is 15.9 Å². The summed E-state index contributed by atoms with van der Waals surface area (Å²) in [6.45, 7) is 2.20. The maximum Gasteiger partial charge on any atom is 0.308 e. The van der Waals surface area contributed by atoms with Gasteiger partial charge in [-0.15, -0.1) is 0 Å². The van der Waals surface area contributed by atoms with Gasteiger partial charge in [-0.25, -0.2) is 4.39 Å². The van der Waals surface area contributed by atoms with Gasteiger partial charge in [-0.3, -0.25) is 4.79 Å². The largest absolute Gasteiger partial charge is 0.466 e. The molecule has 14 heavy (non-hydrogen) atoms. The van der Waals surface area contributed by atoms with Crippen LogP contribution in [0.15, 0.2) is 0 Å². The number of carbonyl (C=O) groups is 1. The molecule has 0 atom stereocenters. The highest BCUT2D eigenvalue weighted by Gasteiger charge is 2.37. The van der Waals surface area contributed by atoms with Crippen LogP contribution in [0.3, 0.4) is 0 Å². The van der Waals surface area contributed by atoms with Gasteiger partial charge in [-0.05, 0) is 32.6 Å². The molecule has 0 saturated heterocycles. The molecule has 1 aliphatic carbocycles. The number of carbonyl (C=O) groups excluding carboxylic acids is 1. The van der Waals surface area contributed by atoms with E-state index in [1.165, 1.54) is 0 Å². The van der Waals surface area contributed by atoms with Crippen LogP contribution in [0.5, 0.6) is 0 Å². The molecule has 0 N–H and O–H groups in total. The van der Waals surface area contributed by atoms with Crippen LogP contribution >= 0.6 is 15.9 Å². The Bertz CT molecular complexity index is 200. The monoisotopic (exact) mass is 266 g/mol. The summed E-state index contributed by atoms with van der Waals surface area (Å²) in [5.41, 5.74) is -1.11. The number of halogens is 2. The second-order valence-corrected chi connectivity index (χ2v) is 4.37. The van der Waals surface area contributed by atoms with E-state index in [-0.39, 0.29) is 11.9 Å². The normalized spacial score (nSPS) is 32.6. The Hall–Kier alpha value is -0.120. The molecular weight excluding hydrogens is 251 g/mol. The third-order valence-corrected chi connectivity index (χ3v) is 3.75. The van der Waals surface area contributed by atoms with E-state index in [1.807, 2.05) is 0 Å². The molecule has 2 nitrogen and oxygen atoms in total. The first-order valence-corrected chi connectivity index (χ1v) is 6.15. The summed E-state index contributed by atoms with van der Waals surface area (Å²) in [7, 11) is 0. The van der Waals surface area contributed by atoms with E-state index >= 15 is 0 Å². The summed E-state index contributed by atoms with van der Waals surface area (Å²) in [6.07, 6.45) is 2.14. The van der Waals surface area contributed by atoms with Crippen molar-refractivity contribution < 1.29 is 13.9 Å². The van der Waals surface area contributed by atoms with Crippen molar-refractivity contribution in [1.29, 1.82) is 0 Å². The summed E-state index contributed by atoms with van der Waals surface area (Å²) < 4.78 is 18.6. The second kappa shape index (κ2) is 5.10. The molecule has 0 heterocycles. The molecule has 0 unspecified atom stereocenters. The Morgan fingerprint density at radius 1 is 1.57 bits per heavy atom. The minimum absolute atomic E-state index is 0.0853. The fourth-order valence-electron chi connectivity index (χ4n) is 1.76. The van der Waals surface area contributed by atoms with Crippen molar-refractivity contribution in [3.05, 3.63) is 0 Å². The third kappa shape index (κ3) is 2.94. The molecule has 4 heteroatoms. The fourth-order valence-corrected chi connectivity index (χ4v) is 2.33. The van der Waals surface area contributed by atoms with Crippen molar-refractivity contribution in [2.75, 3.05) is 11.9 Å². The third-order valence-electron chi connectivity index (χ3n) is 2.74. The molecule has 0 aromatic carbocycles. The lowest BCUT2D eigenvalue weighted by Gasteiger charge is -2.31. The average molecular weight is 267 g/mol. The van der Waals surface area contributed by atoms with Crippen molar-refractivity contribution >= 4 is 21.9 Å². The van der Waals surface area contributed by atoms with Crippen LogP contribution in [0, 0.1) is 5.92 Å². The van der Waals surface area contributed by atoms with E-state index < -0.39 is 5.67 Å². The number of hydrogen-bond acceptors (Lipinski definition) is 2. The lowest BCUT2D eigenvalue weighted by atomic mass is 9.81. The van der Waals surface area contributed by atoms with E-state index in [2.05, 4.69) is 15.9 Å². The zero-order valence-corrected chi connectivity index (χ0v) is 9.98. The lowest BCUT2D eigenvalue weighted by Crippen LogP contribution is -2.34. The maximum atomic E-state index is 13.7. The van der Waals surface area contributed by atoms with E-state index in [4.69, 9.17) is 4.74 Å². The number of hydrogen-bond donors (Lipinski definition) is 0. The summed E-state index contributed by atoms with van der Waals surface area (Å²) in [4.78, 5) is 11.3. The van der Waals surface area contributed by atoms with E-state index in [9.17, 15) is 9.18 Å². The van der Waals surface area contributed by atoms with E-state index in [0.29, 0.717) is 37.6 Å². The van der Waals surface area contributed by atoms with Gasteiger partial charge in [0.05, 0.1) is 12.5 Å². The smallest absolute Gasteiger partial charge is 0.308 e. The van der Waals surface area contributed by atoms with Gasteiger partial charge in [-0.2, -0.15) is 0 Å². The van der Waals surface area contributed by atoms with Crippen LogP contribution in [-0.4, -0.2) is 23.6 Å². The van der Waals surface area contributed by atoms with Crippen LogP contribution in [-0.2, 0) is 9.53 Å². The standard InChI is InChI=1S/C10H16BrFO2/c1-2-14-9(13)8-3-5-10(12,7-11)6-4-8/h8H,2-7H2,1H3. The quantitative estimate of drug-likeness (QED) is 0.580. The predicted molar refractivity (Wildman–Crippen MR) is 56.2 cm³/mol. The van der Waals surface area contributed by atoms with Gasteiger partial charge in [0.1, 0.15) is 5.67 Å². The second-order valence-electron chi connectivity index (χ2n) is 3.81. The highest BCUT2D eigenvalue weighted by atomic mass is 79.9. The van der Waals surface area contributed by atoms with Crippen LogP contribution in [0.2, 0.25) is 0 Å². The molecule has 0 spiro atoms. The van der Waals surface area contributed by atoms with Crippen LogP contribution in [0.1, 0.15) is 32.6 Å². The highest BCUT2D eigenvalue weighted by Crippen LogP contribution is 2.36. The van der Waals surface area contributed by atoms with Crippen LogP contribution < -0.4 is 0 Å². The molecule has 0 aromatic rings. The summed E-state index contributed by atoms with van der Waals surface area (Å²) in [6, 6.07) is 0. The first-order chi connectivity index (χ1) is 6.61. The molecule has 0 amide bonds. The minimum atomic E-state index is -1.11. The molecule has 1 rings (SSSR count). The topological polar surface area (TPSA) is 26.3 Å². The molecule has 0 aliphatic heterocycles. The summed E-state index contributed by atoms with van der Waals surface area (Å²) >= 11 is 3.16. The fraction of sp³-hybridized carbons (Fsp3) is 0.900. The van der Waals surface area contributed by atoms with Gasteiger partial charge in [0.15, 0.2) is 0 Å². The Kier molecular flexibility index (Phi) is 4.35. The Balaban J connectivity index is 2.39. The van der Waals surface area contributed by atoms with Crippen molar-refractivity contribution in [3.8, 4) is 0 Å². The lowest BCUT2D eigenvalue weighted by molar-refractivity contribution is -0.150. The number of esters is 1. The highest BCUT2D eigenvalue weighted by molar-refractivity contribution is 9.09. The van der Waals surface area contributed by atoms with Gasteiger partial charge >= 0.3 is 5.97 Å². The van der Waals surface area contributed by atoms with Crippen molar-refractivity contribution in [3.63, 3.8) is 0 Å². The zero-order valence-electron chi connectivity index (χ0n) is 8.39. The minimum Gasteiger partial charge on any atom is -0.466 e. The first kappa shape index (κ1) is 12.0. The molecular formula is C10H16BrFO2. The van der Waals surface area contributed by atoms with E-state index in [0.717, 1.165) is 0 Å². The molecule has 0 aromatic heterocycles. The first-order valence-electron chi connectivity index (χ1n) is 5.03. The predicted octanol–water partition coefficient (Wildman–Crippen LogP) is 2.84. The van der Waals surface area contributed by atoms with Crippen molar-refractivity contribution in [2.24, 2.45) is 5.92 Å². The Morgan fingerprint density at radius 3 is 2.57 bits per heavy atom. The summed E-state index contributed by atoms with van der Waals surface area (Å²) in [5.74, 6) is -0.248. The van der Waals surface area contributed by atoms with Gasteiger partial charge < -0.3 is 4.74 Å². The zero-order chi connectivity index (χ0) is 10.6. The molecule has 0 bridgehead atoms. The number of ether oxygens (including phenoxy) is 1. The molecule has 1 saturated carbocycles. The van der Waals surface area contributed by atoms with Crippen LogP contribution in [0.25, 0.3) is 0 Å². The molecule has 1 aliphatic rings. The molecule has 0 radical (unpaired) electrons. The van der Waals surface area contributed by atoms with Gasteiger partial charge in [0.2, 0.25) is 0 Å². The SMILES string of the molecule is CCOC(=O)C1CCC(F)(CBr)CC1. The number of alkyl halides is 2. The molecule has 1 fully saturated rings. The van der Waals surface area contributed by atoms with Crippen molar-refractivity contribution in [1.82, 2.24) is 0 Å². The number of rotatable bonds is 3. The van der Waals surface area contributed by atoms with Gasteiger partial charge in [0.25, 0.3) is 0 Å². The molecule has 82 valence electrons. The van der Waals surface area contributed by atoms with Crippen LogP contribution in [0.4, 0.5) is 4.39 Å². The van der Waals surface area contributed by atoms with Crippen molar-refractivity contribution in [2.45, 2.75) is 38.3 Å². The van der Waals surface area contributed by atoms with E-state index in [1.54, 1.807) is 6.92 Å². The maximum absolute atomic E-state index is 13.7. The van der Waals surface area contributed by atoms with Gasteiger partial charge in [0, 0.05) is 5.33 Å². The Labute approximate surface area is 92.3 Å². The Morgan fingerprint density at radius 2 is 2.14 bits per heavy atom. The average Bonchev–Trinajstić information content (AvgIpc) is 2.19. The summed E-state index contributed by atoms with van der Waals surface area (Å²) in [5, 5.41) is 0.371.